The third kappa shape index (κ3) is 3.48. The van der Waals surface area contributed by atoms with E-state index >= 15 is 0 Å². The van der Waals surface area contributed by atoms with Gasteiger partial charge in [0.2, 0.25) is 0 Å². The fraction of sp³-hybridized carbons (Fsp3) is 0.231. The van der Waals surface area contributed by atoms with Crippen LogP contribution in [0, 0.1) is 0 Å². The molecule has 2 N–H and O–H groups in total. The van der Waals surface area contributed by atoms with Crippen LogP contribution in [0.2, 0.25) is 0 Å². The molecule has 2 heterocycles. The number of carbonyl (C=O) groups is 1. The number of hydrogen-bond acceptors (Lipinski definition) is 5. The van der Waals surface area contributed by atoms with Gasteiger partial charge in [-0.05, 0) is 13.0 Å². The number of hydrogen-bond donors (Lipinski definition) is 2. The van der Waals surface area contributed by atoms with E-state index in [1.54, 1.807) is 18.6 Å². The largest absolute Gasteiger partial charge is 0.505 e. The van der Waals surface area contributed by atoms with Crippen LogP contribution in [0.3, 0.4) is 0 Å². The second-order valence-corrected chi connectivity index (χ2v) is 4.17. The molecule has 0 bridgehead atoms. The molecule has 0 aromatic carbocycles. The van der Waals surface area contributed by atoms with Gasteiger partial charge in [-0.1, -0.05) is 0 Å². The highest BCUT2D eigenvalue weighted by Gasteiger charge is 2.14. The Kier molecular flexibility index (Phi) is 4.02. The SMILES string of the molecule is CC(Cc1cnccn1)NC(=O)c1ccncc1O. The van der Waals surface area contributed by atoms with E-state index in [0.717, 1.165) is 5.69 Å². The molecule has 2 aromatic heterocycles. The molecule has 0 saturated heterocycles. The van der Waals surface area contributed by atoms with Gasteiger partial charge in [-0.25, -0.2) is 0 Å². The molecular formula is C13H14N4O2. The van der Waals surface area contributed by atoms with Crippen LogP contribution >= 0.6 is 0 Å². The lowest BCUT2D eigenvalue weighted by Crippen LogP contribution is -2.34. The Morgan fingerprint density at radius 3 is 2.79 bits per heavy atom. The zero-order chi connectivity index (χ0) is 13.7. The van der Waals surface area contributed by atoms with Crippen LogP contribution in [-0.4, -0.2) is 32.0 Å². The van der Waals surface area contributed by atoms with E-state index in [1.165, 1.54) is 18.5 Å². The van der Waals surface area contributed by atoms with Gasteiger partial charge < -0.3 is 10.4 Å². The second-order valence-electron chi connectivity index (χ2n) is 4.17. The fourth-order valence-corrected chi connectivity index (χ4v) is 1.68. The minimum absolute atomic E-state index is 0.114. The van der Waals surface area contributed by atoms with Gasteiger partial charge in [0.1, 0.15) is 5.75 Å². The van der Waals surface area contributed by atoms with Crippen molar-refractivity contribution in [1.82, 2.24) is 20.3 Å². The Balaban J connectivity index is 1.98. The smallest absolute Gasteiger partial charge is 0.255 e. The minimum atomic E-state index is -0.337. The summed E-state index contributed by atoms with van der Waals surface area (Å²) in [5, 5.41) is 12.3. The maximum Gasteiger partial charge on any atom is 0.255 e. The van der Waals surface area contributed by atoms with Crippen molar-refractivity contribution in [3.05, 3.63) is 48.3 Å². The third-order valence-electron chi connectivity index (χ3n) is 2.55. The topological polar surface area (TPSA) is 88.0 Å². The first-order chi connectivity index (χ1) is 9.16. The van der Waals surface area contributed by atoms with Crippen LogP contribution in [0.15, 0.2) is 37.1 Å². The second kappa shape index (κ2) is 5.90. The lowest BCUT2D eigenvalue weighted by atomic mass is 10.1. The molecule has 1 amide bonds. The lowest BCUT2D eigenvalue weighted by Gasteiger charge is -2.13. The molecule has 1 atom stereocenters. The molecule has 6 nitrogen and oxygen atoms in total. The van der Waals surface area contributed by atoms with Crippen molar-refractivity contribution in [1.29, 1.82) is 0 Å². The average molecular weight is 258 g/mol. The van der Waals surface area contributed by atoms with Crippen LogP contribution in [0.1, 0.15) is 23.0 Å². The van der Waals surface area contributed by atoms with Crippen molar-refractivity contribution >= 4 is 5.91 Å². The molecule has 6 heteroatoms. The summed E-state index contributed by atoms with van der Waals surface area (Å²) >= 11 is 0. The van der Waals surface area contributed by atoms with E-state index < -0.39 is 0 Å². The van der Waals surface area contributed by atoms with Crippen LogP contribution < -0.4 is 5.32 Å². The predicted octanol–water partition coefficient (Wildman–Crippen LogP) is 0.938. The molecule has 0 saturated carbocycles. The van der Waals surface area contributed by atoms with Gasteiger partial charge in [0.05, 0.1) is 17.5 Å². The maximum absolute atomic E-state index is 11.9. The summed E-state index contributed by atoms with van der Waals surface area (Å²) in [6.45, 7) is 1.87. The number of aromatic hydroxyl groups is 1. The number of nitrogens with one attached hydrogen (secondary N) is 1. The van der Waals surface area contributed by atoms with Crippen molar-refractivity contribution in [2.75, 3.05) is 0 Å². The van der Waals surface area contributed by atoms with E-state index in [4.69, 9.17) is 0 Å². The highest BCUT2D eigenvalue weighted by atomic mass is 16.3. The molecule has 2 aromatic rings. The van der Waals surface area contributed by atoms with Gasteiger partial charge >= 0.3 is 0 Å². The molecule has 19 heavy (non-hydrogen) atoms. The summed E-state index contributed by atoms with van der Waals surface area (Å²) in [7, 11) is 0. The Hall–Kier alpha value is -2.50. The summed E-state index contributed by atoms with van der Waals surface area (Å²) in [4.78, 5) is 23.8. The first-order valence-electron chi connectivity index (χ1n) is 5.85. The number of amides is 1. The van der Waals surface area contributed by atoms with Crippen LogP contribution in [0.25, 0.3) is 0 Å². The zero-order valence-electron chi connectivity index (χ0n) is 10.4. The van der Waals surface area contributed by atoms with Gasteiger partial charge in [0, 0.05) is 37.3 Å². The molecule has 98 valence electrons. The maximum atomic E-state index is 11.9. The van der Waals surface area contributed by atoms with Crippen LogP contribution in [0.5, 0.6) is 5.75 Å². The third-order valence-corrected chi connectivity index (χ3v) is 2.55. The van der Waals surface area contributed by atoms with Crippen molar-refractivity contribution < 1.29 is 9.90 Å². The fourth-order valence-electron chi connectivity index (χ4n) is 1.68. The van der Waals surface area contributed by atoms with E-state index in [0.29, 0.717) is 6.42 Å². The van der Waals surface area contributed by atoms with Crippen molar-refractivity contribution in [2.45, 2.75) is 19.4 Å². The Labute approximate surface area is 110 Å². The Bertz CT molecular complexity index is 560. The van der Waals surface area contributed by atoms with Crippen molar-refractivity contribution in [3.8, 4) is 5.75 Å². The minimum Gasteiger partial charge on any atom is -0.505 e. The molecule has 1 unspecified atom stereocenters. The summed E-state index contributed by atoms with van der Waals surface area (Å²) < 4.78 is 0. The van der Waals surface area contributed by atoms with Crippen LogP contribution in [-0.2, 0) is 6.42 Å². The van der Waals surface area contributed by atoms with Gasteiger partial charge in [-0.2, -0.15) is 0 Å². The molecule has 0 fully saturated rings. The van der Waals surface area contributed by atoms with Crippen LogP contribution in [0.4, 0.5) is 0 Å². The number of rotatable bonds is 4. The van der Waals surface area contributed by atoms with Gasteiger partial charge in [0.25, 0.3) is 5.91 Å². The molecule has 0 radical (unpaired) electrons. The van der Waals surface area contributed by atoms with Gasteiger partial charge in [0.15, 0.2) is 0 Å². The first kappa shape index (κ1) is 12.9. The molecule has 0 aliphatic carbocycles. The molecule has 0 spiro atoms. The highest BCUT2D eigenvalue weighted by Crippen LogP contribution is 2.13. The van der Waals surface area contributed by atoms with Gasteiger partial charge in [-0.3, -0.25) is 19.7 Å². The number of aromatic nitrogens is 3. The number of nitrogens with zero attached hydrogens (tertiary/aromatic N) is 3. The standard InChI is InChI=1S/C13H14N4O2/c1-9(6-10-7-15-4-5-16-10)17-13(19)11-2-3-14-8-12(11)18/h2-5,7-9,18H,6H2,1H3,(H,17,19). The number of carbonyl (C=O) groups excluding carboxylic acids is 1. The van der Waals surface area contributed by atoms with E-state index in [2.05, 4.69) is 20.3 Å². The monoisotopic (exact) mass is 258 g/mol. The summed E-state index contributed by atoms with van der Waals surface area (Å²) in [6.07, 6.45) is 8.14. The van der Waals surface area contributed by atoms with Crippen molar-refractivity contribution in [2.24, 2.45) is 0 Å². The molecule has 0 aliphatic heterocycles. The van der Waals surface area contributed by atoms with E-state index in [1.807, 2.05) is 6.92 Å². The number of pyridine rings is 1. The predicted molar refractivity (Wildman–Crippen MR) is 68.6 cm³/mol. The molecular weight excluding hydrogens is 244 g/mol. The van der Waals surface area contributed by atoms with Crippen molar-refractivity contribution in [3.63, 3.8) is 0 Å². The summed E-state index contributed by atoms with van der Waals surface area (Å²) in [5.41, 5.74) is 1.01. The molecule has 0 aliphatic rings. The average Bonchev–Trinajstić information content (AvgIpc) is 2.40. The van der Waals surface area contributed by atoms with E-state index in [9.17, 15) is 9.90 Å². The Morgan fingerprint density at radius 2 is 2.11 bits per heavy atom. The zero-order valence-corrected chi connectivity index (χ0v) is 10.4. The quantitative estimate of drug-likeness (QED) is 0.852. The summed E-state index contributed by atoms with van der Waals surface area (Å²) in [5.74, 6) is -0.469. The molecule has 2 rings (SSSR count). The van der Waals surface area contributed by atoms with Gasteiger partial charge in [-0.15, -0.1) is 0 Å². The highest BCUT2D eigenvalue weighted by molar-refractivity contribution is 5.96. The Morgan fingerprint density at radius 1 is 1.32 bits per heavy atom. The van der Waals surface area contributed by atoms with E-state index in [-0.39, 0.29) is 23.3 Å². The summed E-state index contributed by atoms with van der Waals surface area (Å²) in [6, 6.07) is 1.36. The first-order valence-corrected chi connectivity index (χ1v) is 5.85. The normalized spacial score (nSPS) is 11.8. The lowest BCUT2D eigenvalue weighted by molar-refractivity contribution is 0.0937.